The van der Waals surface area contributed by atoms with E-state index in [1.165, 1.54) is 5.56 Å². The molecule has 1 aromatic carbocycles. The van der Waals surface area contributed by atoms with Crippen LogP contribution in [0.5, 0.6) is 0 Å². The second-order valence-electron chi connectivity index (χ2n) is 5.01. The molecule has 2 rings (SSSR count). The van der Waals surface area contributed by atoms with Crippen molar-refractivity contribution in [2.45, 2.75) is 26.8 Å². The molecule has 0 saturated carbocycles. The molecule has 0 spiro atoms. The Kier molecular flexibility index (Phi) is 4.93. The van der Waals surface area contributed by atoms with Crippen molar-refractivity contribution >= 4 is 11.7 Å². The van der Waals surface area contributed by atoms with Crippen LogP contribution in [0.2, 0.25) is 0 Å². The number of carbonyl (C=O) groups excluding carboxylic acids is 1. The predicted molar refractivity (Wildman–Crippen MR) is 85.5 cm³/mol. The van der Waals surface area contributed by atoms with E-state index in [9.17, 15) is 4.79 Å². The molecule has 0 bridgehead atoms. The highest BCUT2D eigenvalue weighted by atomic mass is 16.1. The standard InChI is InChI=1S/C17H21N3O/c1-4-18-16-11-14(9-10-19-16)17(21)20-13(3)15-8-6-5-7-12(15)2/h5-11,13H,4H2,1-3H3,(H,18,19)(H,20,21). The van der Waals surface area contributed by atoms with Crippen molar-refractivity contribution in [2.75, 3.05) is 11.9 Å². The summed E-state index contributed by atoms with van der Waals surface area (Å²) in [6, 6.07) is 11.5. The zero-order valence-corrected chi connectivity index (χ0v) is 12.7. The van der Waals surface area contributed by atoms with Gasteiger partial charge in [-0.15, -0.1) is 0 Å². The first-order valence-electron chi connectivity index (χ1n) is 7.18. The maximum atomic E-state index is 12.3. The molecule has 2 N–H and O–H groups in total. The van der Waals surface area contributed by atoms with Crippen LogP contribution in [0.1, 0.15) is 41.4 Å². The third kappa shape index (κ3) is 3.81. The van der Waals surface area contributed by atoms with Crippen LogP contribution in [0.3, 0.4) is 0 Å². The summed E-state index contributed by atoms with van der Waals surface area (Å²) in [5.74, 6) is 0.626. The highest BCUT2D eigenvalue weighted by Gasteiger charge is 2.13. The van der Waals surface area contributed by atoms with Gasteiger partial charge >= 0.3 is 0 Å². The van der Waals surface area contributed by atoms with Gasteiger partial charge in [-0.05, 0) is 44.0 Å². The Labute approximate surface area is 125 Å². The number of nitrogens with one attached hydrogen (secondary N) is 2. The van der Waals surface area contributed by atoms with E-state index in [4.69, 9.17) is 0 Å². The minimum absolute atomic E-state index is 0.0329. The molecule has 4 nitrogen and oxygen atoms in total. The second kappa shape index (κ2) is 6.88. The fourth-order valence-electron chi connectivity index (χ4n) is 2.28. The van der Waals surface area contributed by atoms with E-state index in [0.29, 0.717) is 11.4 Å². The lowest BCUT2D eigenvalue weighted by atomic mass is 10.0. The minimum Gasteiger partial charge on any atom is -0.370 e. The van der Waals surface area contributed by atoms with E-state index in [0.717, 1.165) is 12.1 Å². The average Bonchev–Trinajstić information content (AvgIpc) is 2.48. The van der Waals surface area contributed by atoms with E-state index in [2.05, 4.69) is 15.6 Å². The average molecular weight is 283 g/mol. The van der Waals surface area contributed by atoms with Gasteiger partial charge in [0.15, 0.2) is 0 Å². The molecule has 0 saturated heterocycles. The van der Waals surface area contributed by atoms with E-state index < -0.39 is 0 Å². The molecular formula is C17H21N3O. The molecule has 1 amide bonds. The molecule has 0 aliphatic carbocycles. The van der Waals surface area contributed by atoms with Crippen LogP contribution in [0.4, 0.5) is 5.82 Å². The molecule has 1 atom stereocenters. The lowest BCUT2D eigenvalue weighted by Crippen LogP contribution is -2.27. The van der Waals surface area contributed by atoms with Crippen molar-refractivity contribution in [3.05, 3.63) is 59.3 Å². The largest absolute Gasteiger partial charge is 0.370 e. The Balaban J connectivity index is 2.11. The molecule has 1 unspecified atom stereocenters. The van der Waals surface area contributed by atoms with E-state index in [1.54, 1.807) is 18.3 Å². The van der Waals surface area contributed by atoms with Crippen LogP contribution >= 0.6 is 0 Å². The highest BCUT2D eigenvalue weighted by Crippen LogP contribution is 2.17. The molecule has 4 heteroatoms. The summed E-state index contributed by atoms with van der Waals surface area (Å²) >= 11 is 0. The van der Waals surface area contributed by atoms with Crippen LogP contribution in [-0.4, -0.2) is 17.4 Å². The van der Waals surface area contributed by atoms with Gasteiger partial charge in [0, 0.05) is 18.3 Å². The van der Waals surface area contributed by atoms with Crippen LogP contribution in [0, 0.1) is 6.92 Å². The van der Waals surface area contributed by atoms with Crippen molar-refractivity contribution in [1.82, 2.24) is 10.3 Å². The van der Waals surface area contributed by atoms with E-state index >= 15 is 0 Å². The van der Waals surface area contributed by atoms with Crippen LogP contribution < -0.4 is 10.6 Å². The SMILES string of the molecule is CCNc1cc(C(=O)NC(C)c2ccccc2C)ccn1. The highest BCUT2D eigenvalue weighted by molar-refractivity contribution is 5.95. The number of rotatable bonds is 5. The normalized spacial score (nSPS) is 11.8. The smallest absolute Gasteiger partial charge is 0.251 e. The fourth-order valence-corrected chi connectivity index (χ4v) is 2.28. The lowest BCUT2D eigenvalue weighted by Gasteiger charge is -2.16. The van der Waals surface area contributed by atoms with Crippen molar-refractivity contribution < 1.29 is 4.79 Å². The maximum Gasteiger partial charge on any atom is 0.251 e. The number of aromatic nitrogens is 1. The van der Waals surface area contributed by atoms with Gasteiger partial charge in [0.05, 0.1) is 6.04 Å². The number of benzene rings is 1. The van der Waals surface area contributed by atoms with E-state index in [1.807, 2.05) is 45.0 Å². The summed E-state index contributed by atoms with van der Waals surface area (Å²) in [6.07, 6.45) is 1.64. The molecule has 110 valence electrons. The zero-order valence-electron chi connectivity index (χ0n) is 12.7. The Morgan fingerprint density at radius 1 is 1.29 bits per heavy atom. The van der Waals surface area contributed by atoms with Gasteiger partial charge in [-0.3, -0.25) is 4.79 Å². The Hall–Kier alpha value is -2.36. The molecule has 0 aliphatic rings. The summed E-state index contributed by atoms with van der Waals surface area (Å²) in [5, 5.41) is 6.13. The van der Waals surface area contributed by atoms with Gasteiger partial charge in [-0.25, -0.2) is 4.98 Å². The lowest BCUT2D eigenvalue weighted by molar-refractivity contribution is 0.0940. The number of aryl methyl sites for hydroxylation is 1. The predicted octanol–water partition coefficient (Wildman–Crippen LogP) is 3.31. The molecule has 21 heavy (non-hydrogen) atoms. The van der Waals surface area contributed by atoms with Gasteiger partial charge in [0.25, 0.3) is 5.91 Å². The Morgan fingerprint density at radius 2 is 2.05 bits per heavy atom. The number of carbonyl (C=O) groups is 1. The minimum atomic E-state index is -0.0905. The quantitative estimate of drug-likeness (QED) is 0.885. The summed E-state index contributed by atoms with van der Waals surface area (Å²) in [6.45, 7) is 6.81. The second-order valence-corrected chi connectivity index (χ2v) is 5.01. The number of hydrogen-bond acceptors (Lipinski definition) is 3. The summed E-state index contributed by atoms with van der Waals surface area (Å²) in [5.41, 5.74) is 2.92. The molecular weight excluding hydrogens is 262 g/mol. The number of amides is 1. The molecule has 1 heterocycles. The molecule has 1 aromatic heterocycles. The topological polar surface area (TPSA) is 54.0 Å². The van der Waals surface area contributed by atoms with Crippen molar-refractivity contribution in [2.24, 2.45) is 0 Å². The van der Waals surface area contributed by atoms with Gasteiger partial charge in [0.1, 0.15) is 5.82 Å². The van der Waals surface area contributed by atoms with Gasteiger partial charge in [-0.2, -0.15) is 0 Å². The van der Waals surface area contributed by atoms with Gasteiger partial charge in [0.2, 0.25) is 0 Å². The van der Waals surface area contributed by atoms with Crippen LogP contribution in [-0.2, 0) is 0 Å². The Bertz CT molecular complexity index is 625. The van der Waals surface area contributed by atoms with E-state index in [-0.39, 0.29) is 11.9 Å². The summed E-state index contributed by atoms with van der Waals surface area (Å²) < 4.78 is 0. The van der Waals surface area contributed by atoms with Crippen LogP contribution in [0.25, 0.3) is 0 Å². The maximum absolute atomic E-state index is 12.3. The van der Waals surface area contributed by atoms with Crippen molar-refractivity contribution in [1.29, 1.82) is 0 Å². The third-order valence-corrected chi connectivity index (χ3v) is 3.38. The number of nitrogens with zero attached hydrogens (tertiary/aromatic N) is 1. The third-order valence-electron chi connectivity index (χ3n) is 3.38. The number of hydrogen-bond donors (Lipinski definition) is 2. The molecule has 2 aromatic rings. The first kappa shape index (κ1) is 15.0. The monoisotopic (exact) mass is 283 g/mol. The molecule has 0 aliphatic heterocycles. The van der Waals surface area contributed by atoms with Crippen molar-refractivity contribution in [3.63, 3.8) is 0 Å². The Morgan fingerprint density at radius 3 is 2.76 bits per heavy atom. The fraction of sp³-hybridized carbons (Fsp3) is 0.294. The van der Waals surface area contributed by atoms with Crippen LogP contribution in [0.15, 0.2) is 42.6 Å². The summed E-state index contributed by atoms with van der Waals surface area (Å²) in [7, 11) is 0. The van der Waals surface area contributed by atoms with Gasteiger partial charge in [-0.1, -0.05) is 24.3 Å². The molecule has 0 fully saturated rings. The number of pyridine rings is 1. The molecule has 0 radical (unpaired) electrons. The first-order valence-corrected chi connectivity index (χ1v) is 7.18. The van der Waals surface area contributed by atoms with Gasteiger partial charge < -0.3 is 10.6 Å². The summed E-state index contributed by atoms with van der Waals surface area (Å²) in [4.78, 5) is 16.5. The van der Waals surface area contributed by atoms with Crippen molar-refractivity contribution in [3.8, 4) is 0 Å². The zero-order chi connectivity index (χ0) is 15.2. The first-order chi connectivity index (χ1) is 10.1. The number of anilines is 1.